The largest absolute Gasteiger partial charge is 0.369 e. The molecule has 3 heterocycles. The van der Waals surface area contributed by atoms with Crippen LogP contribution in [-0.2, 0) is 6.42 Å². The summed E-state index contributed by atoms with van der Waals surface area (Å²) >= 11 is 0. The number of aromatic nitrogens is 1. The van der Waals surface area contributed by atoms with E-state index in [1.54, 1.807) is 6.07 Å². The number of hydrogen-bond donors (Lipinski definition) is 1. The minimum absolute atomic E-state index is 0.0436. The number of likely N-dealkylation sites (N-methyl/N-ethyl adjacent to an activating group) is 1. The number of nitrogens with one attached hydrogen (secondary N) is 1. The summed E-state index contributed by atoms with van der Waals surface area (Å²) in [6, 6.07) is 21.2. The average Bonchev–Trinajstić information content (AvgIpc) is 3.29. The Bertz CT molecular complexity index is 1500. The number of aryl methyl sites for hydroxylation is 1. The van der Waals surface area contributed by atoms with Crippen molar-refractivity contribution >= 4 is 17.5 Å². The van der Waals surface area contributed by atoms with Crippen LogP contribution in [0.1, 0.15) is 42.9 Å². The summed E-state index contributed by atoms with van der Waals surface area (Å²) in [6.07, 6.45) is 7.36. The number of anilines is 2. The summed E-state index contributed by atoms with van der Waals surface area (Å²) in [5.41, 5.74) is 5.52. The Morgan fingerprint density at radius 3 is 2.54 bits per heavy atom. The summed E-state index contributed by atoms with van der Waals surface area (Å²) in [5, 5.41) is 4.93. The third-order valence-electron chi connectivity index (χ3n) is 9.12. The fourth-order valence-corrected chi connectivity index (χ4v) is 6.74. The van der Waals surface area contributed by atoms with Crippen LogP contribution in [0, 0.1) is 5.92 Å². The lowest BCUT2D eigenvalue weighted by atomic mass is 9.71. The molecule has 3 atom stereocenters. The Labute approximate surface area is 217 Å². The highest BCUT2D eigenvalue weighted by Crippen LogP contribution is 2.45. The Kier molecular flexibility index (Phi) is 5.47. The van der Waals surface area contributed by atoms with E-state index < -0.39 is 0 Å². The van der Waals surface area contributed by atoms with Gasteiger partial charge in [-0.2, -0.15) is 0 Å². The van der Waals surface area contributed by atoms with Gasteiger partial charge in [0.05, 0.1) is 6.04 Å². The maximum Gasteiger partial charge on any atom is 0.252 e. The zero-order valence-corrected chi connectivity index (χ0v) is 21.6. The molecular formula is C31H35N5O. The summed E-state index contributed by atoms with van der Waals surface area (Å²) < 4.78 is 1.98. The van der Waals surface area contributed by atoms with Gasteiger partial charge >= 0.3 is 0 Å². The van der Waals surface area contributed by atoms with E-state index in [0.29, 0.717) is 5.92 Å². The number of rotatable bonds is 4. The van der Waals surface area contributed by atoms with Gasteiger partial charge in [0.25, 0.3) is 5.56 Å². The van der Waals surface area contributed by atoms with E-state index in [1.165, 1.54) is 16.8 Å². The van der Waals surface area contributed by atoms with Gasteiger partial charge in [0, 0.05) is 54.8 Å². The van der Waals surface area contributed by atoms with Gasteiger partial charge in [0.1, 0.15) is 11.2 Å². The normalized spacial score (nSPS) is 26.6. The van der Waals surface area contributed by atoms with Crippen molar-refractivity contribution < 1.29 is 0 Å². The molecule has 0 amide bonds. The van der Waals surface area contributed by atoms with Crippen LogP contribution in [0.4, 0.5) is 11.4 Å². The molecule has 6 heteroatoms. The lowest BCUT2D eigenvalue weighted by Gasteiger charge is -2.47. The average molecular weight is 494 g/mol. The van der Waals surface area contributed by atoms with Crippen molar-refractivity contribution in [1.82, 2.24) is 9.47 Å². The molecule has 1 aromatic heterocycles. The van der Waals surface area contributed by atoms with Gasteiger partial charge in [-0.1, -0.05) is 30.3 Å². The SMILES string of the molecule is CN1CCN(c2ccc(NC34CCC3CC=c3ccc(=O)n(C5CCc6ccccc65)c3=N4)cc2)CC1. The fourth-order valence-electron chi connectivity index (χ4n) is 6.74. The predicted molar refractivity (Wildman–Crippen MR) is 149 cm³/mol. The van der Waals surface area contributed by atoms with Crippen LogP contribution in [0.25, 0.3) is 6.08 Å². The Morgan fingerprint density at radius 1 is 0.946 bits per heavy atom. The van der Waals surface area contributed by atoms with E-state index in [4.69, 9.17) is 4.99 Å². The molecule has 6 nitrogen and oxygen atoms in total. The molecule has 0 bridgehead atoms. The van der Waals surface area contributed by atoms with Crippen molar-refractivity contribution in [3.05, 3.63) is 92.9 Å². The lowest BCUT2D eigenvalue weighted by Crippen LogP contribution is -2.54. The number of benzene rings is 2. The first-order valence-corrected chi connectivity index (χ1v) is 13.8. The first kappa shape index (κ1) is 22.8. The van der Waals surface area contributed by atoms with Crippen LogP contribution >= 0.6 is 0 Å². The van der Waals surface area contributed by atoms with Gasteiger partial charge in [0.2, 0.25) is 0 Å². The zero-order valence-electron chi connectivity index (χ0n) is 21.6. The summed E-state index contributed by atoms with van der Waals surface area (Å²) in [6.45, 7) is 4.34. The molecule has 4 aliphatic rings. The van der Waals surface area contributed by atoms with Gasteiger partial charge < -0.3 is 15.1 Å². The van der Waals surface area contributed by atoms with Gasteiger partial charge in [0.15, 0.2) is 0 Å². The van der Waals surface area contributed by atoms with Crippen molar-refractivity contribution in [1.29, 1.82) is 0 Å². The molecule has 2 aliphatic heterocycles. The van der Waals surface area contributed by atoms with Crippen LogP contribution in [-0.4, -0.2) is 48.4 Å². The molecule has 190 valence electrons. The van der Waals surface area contributed by atoms with Crippen molar-refractivity contribution in [2.75, 3.05) is 43.4 Å². The molecule has 0 spiro atoms. The van der Waals surface area contributed by atoms with Crippen LogP contribution in [0.15, 0.2) is 70.5 Å². The van der Waals surface area contributed by atoms with Gasteiger partial charge in [-0.15, -0.1) is 0 Å². The van der Waals surface area contributed by atoms with E-state index in [1.807, 2.05) is 10.6 Å². The third-order valence-corrected chi connectivity index (χ3v) is 9.12. The highest BCUT2D eigenvalue weighted by atomic mass is 16.1. The number of pyridine rings is 1. The Balaban J connectivity index is 1.25. The molecule has 3 unspecified atom stereocenters. The number of piperazine rings is 1. The van der Waals surface area contributed by atoms with E-state index in [-0.39, 0.29) is 17.3 Å². The Hall–Kier alpha value is -3.38. The summed E-state index contributed by atoms with van der Waals surface area (Å²) in [7, 11) is 2.19. The molecule has 37 heavy (non-hydrogen) atoms. The molecule has 2 fully saturated rings. The second-order valence-corrected chi connectivity index (χ2v) is 11.2. The minimum Gasteiger partial charge on any atom is -0.369 e. The van der Waals surface area contributed by atoms with E-state index in [2.05, 4.69) is 76.8 Å². The van der Waals surface area contributed by atoms with E-state index in [9.17, 15) is 4.79 Å². The number of fused-ring (bicyclic) bond motifs is 3. The number of nitrogens with zero attached hydrogens (tertiary/aromatic N) is 4. The summed E-state index contributed by atoms with van der Waals surface area (Å²) in [5.74, 6) is 0.427. The molecule has 1 N–H and O–H groups in total. The van der Waals surface area contributed by atoms with E-state index in [0.717, 1.165) is 74.7 Å². The van der Waals surface area contributed by atoms with Crippen LogP contribution in [0.5, 0.6) is 0 Å². The fraction of sp³-hybridized carbons (Fsp3) is 0.419. The van der Waals surface area contributed by atoms with Gasteiger partial charge in [-0.3, -0.25) is 9.36 Å². The monoisotopic (exact) mass is 493 g/mol. The quantitative estimate of drug-likeness (QED) is 0.607. The second-order valence-electron chi connectivity index (χ2n) is 11.2. The molecule has 0 radical (unpaired) electrons. The van der Waals surface area contributed by atoms with Gasteiger partial charge in [-0.25, -0.2) is 4.99 Å². The molecule has 1 saturated carbocycles. The first-order valence-electron chi connectivity index (χ1n) is 13.8. The standard InChI is InChI=1S/C31H35N5O/c1-34-18-20-35(21-19-34)26-12-10-25(11-13-26)32-31-17-16-24(31)9-6-23-8-15-29(37)36(30(23)33-31)28-14-7-22-4-2-3-5-27(22)28/h2-6,8,10-13,15,24,28,32H,7,9,14,16-21H2,1H3. The zero-order chi connectivity index (χ0) is 25.0. The third kappa shape index (κ3) is 3.89. The van der Waals surface area contributed by atoms with Crippen molar-refractivity contribution in [3.63, 3.8) is 0 Å². The predicted octanol–water partition coefficient (Wildman–Crippen LogP) is 3.16. The Morgan fingerprint density at radius 2 is 1.76 bits per heavy atom. The molecule has 1 saturated heterocycles. The first-order chi connectivity index (χ1) is 18.1. The van der Waals surface area contributed by atoms with Gasteiger partial charge in [-0.05, 0) is 80.6 Å². The van der Waals surface area contributed by atoms with Crippen molar-refractivity contribution in [3.8, 4) is 0 Å². The van der Waals surface area contributed by atoms with Crippen molar-refractivity contribution in [2.45, 2.75) is 43.8 Å². The highest BCUT2D eigenvalue weighted by Gasteiger charge is 2.47. The maximum atomic E-state index is 13.3. The lowest BCUT2D eigenvalue weighted by molar-refractivity contribution is 0.161. The summed E-state index contributed by atoms with van der Waals surface area (Å²) in [4.78, 5) is 23.6. The smallest absolute Gasteiger partial charge is 0.252 e. The second kappa shape index (κ2) is 8.88. The molecule has 2 aromatic carbocycles. The minimum atomic E-state index is -0.370. The maximum absolute atomic E-state index is 13.3. The van der Waals surface area contributed by atoms with Crippen molar-refractivity contribution in [2.24, 2.45) is 10.9 Å². The van der Waals surface area contributed by atoms with Crippen LogP contribution in [0.2, 0.25) is 0 Å². The molecule has 2 aliphatic carbocycles. The molecule has 7 rings (SSSR count). The van der Waals surface area contributed by atoms with Crippen LogP contribution < -0.4 is 26.5 Å². The molecular weight excluding hydrogens is 458 g/mol. The highest BCUT2D eigenvalue weighted by molar-refractivity contribution is 5.57. The van der Waals surface area contributed by atoms with E-state index >= 15 is 0 Å². The topological polar surface area (TPSA) is 52.9 Å². The molecule has 3 aromatic rings. The van der Waals surface area contributed by atoms with Crippen LogP contribution in [0.3, 0.4) is 0 Å². The number of hydrogen-bond acceptors (Lipinski definition) is 5.